The number of ether oxygens (including phenoxy) is 5. The number of carboxylic acids is 1. The SMILES string of the molecule is COC(=O)C1=CC23C=CC4CCC2CC=CC(C1CC(=O)O)C3OC1OC(CO4)C23OC(CCCO)=c4[nH]c(C(C)C5CCCCC5)cc4=C2CCC1(O)C3O. The second kappa shape index (κ2) is 14.5. The van der Waals surface area contributed by atoms with Crippen LogP contribution in [0.15, 0.2) is 42.0 Å². The maximum Gasteiger partial charge on any atom is 0.333 e. The standard InChI is InChI=1S/C44H57NO11/c1-24(25-8-4-3-5-9-25)33-20-30-32-16-18-43(51)40(50)44(32,56-34(12-7-19-46)37(30)45-33)35-23-53-27-14-13-26-10-6-11-28-29(21-36(47)48)31(39(49)52-2)22-42(26,17-15-27)38(28)55-41(43)54-35/h6,11,15,17,20,22,24-29,35,38,40-41,45-46,50-51H,3-5,7-10,12-14,16,18-19,21,23H2,1-2H3,(H,47,48). The molecule has 0 amide bonds. The highest BCUT2D eigenvalue weighted by molar-refractivity contribution is 5.90. The average molecular weight is 776 g/mol. The first-order valence-corrected chi connectivity index (χ1v) is 21.0. The number of carbonyl (C=O) groups excluding carboxylic acids is 1. The first-order valence-electron chi connectivity index (χ1n) is 21.0. The lowest BCUT2D eigenvalue weighted by molar-refractivity contribution is -0.379. The van der Waals surface area contributed by atoms with Crippen molar-refractivity contribution in [1.82, 2.24) is 4.98 Å². The Morgan fingerprint density at radius 1 is 1.11 bits per heavy atom. The summed E-state index contributed by atoms with van der Waals surface area (Å²) >= 11 is 0. The minimum atomic E-state index is -1.92. The van der Waals surface area contributed by atoms with Gasteiger partial charge in [-0.05, 0) is 80.8 Å². The summed E-state index contributed by atoms with van der Waals surface area (Å²) in [6, 6.07) is 2.22. The van der Waals surface area contributed by atoms with Crippen LogP contribution in [0.4, 0.5) is 0 Å². The van der Waals surface area contributed by atoms with Gasteiger partial charge in [0, 0.05) is 46.8 Å². The van der Waals surface area contributed by atoms with E-state index in [0.717, 1.165) is 28.3 Å². The number of methoxy groups -OCH3 is 1. The summed E-state index contributed by atoms with van der Waals surface area (Å²) in [7, 11) is 1.30. The van der Waals surface area contributed by atoms with E-state index in [-0.39, 0.29) is 38.1 Å². The molecule has 5 aliphatic carbocycles. The number of allylic oxidation sites excluding steroid dienone is 1. The van der Waals surface area contributed by atoms with Gasteiger partial charge >= 0.3 is 11.9 Å². The Hall–Kier alpha value is -3.26. The highest BCUT2D eigenvalue weighted by Crippen LogP contribution is 2.59. The molecule has 1 saturated heterocycles. The predicted octanol–water partition coefficient (Wildman–Crippen LogP) is 3.63. The number of hydrogen-bond donors (Lipinski definition) is 5. The minimum absolute atomic E-state index is 0.0357. The van der Waals surface area contributed by atoms with Gasteiger partial charge in [-0.3, -0.25) is 4.79 Å². The van der Waals surface area contributed by atoms with Crippen LogP contribution in [-0.2, 0) is 33.3 Å². The lowest BCUT2D eigenvalue weighted by Crippen LogP contribution is -2.78. The van der Waals surface area contributed by atoms with Crippen LogP contribution in [0.5, 0.6) is 0 Å². The van der Waals surface area contributed by atoms with Crippen molar-refractivity contribution in [3.63, 3.8) is 0 Å². The van der Waals surface area contributed by atoms with Crippen LogP contribution >= 0.6 is 0 Å². The van der Waals surface area contributed by atoms with Crippen LogP contribution in [-0.4, -0.2) is 99.6 Å². The molecule has 4 heterocycles. The molecular weight excluding hydrogens is 718 g/mol. The van der Waals surface area contributed by atoms with Gasteiger partial charge in [-0.2, -0.15) is 0 Å². The monoisotopic (exact) mass is 775 g/mol. The van der Waals surface area contributed by atoms with Gasteiger partial charge < -0.3 is 49.1 Å². The normalized spacial score (nSPS) is 40.6. The first-order chi connectivity index (χ1) is 27.0. The third-order valence-corrected chi connectivity index (χ3v) is 15.0. The lowest BCUT2D eigenvalue weighted by atomic mass is 9.58. The molecule has 0 aromatic carbocycles. The molecule has 9 rings (SSSR count). The number of aliphatic hydroxyl groups is 3. The number of aromatic nitrogens is 1. The zero-order valence-corrected chi connectivity index (χ0v) is 32.5. The number of aliphatic carboxylic acids is 1. The number of aromatic amines is 1. The Morgan fingerprint density at radius 2 is 1.93 bits per heavy atom. The summed E-state index contributed by atoms with van der Waals surface area (Å²) in [5.74, 6) is -1.55. The number of H-pyrrole nitrogens is 1. The van der Waals surface area contributed by atoms with Crippen LogP contribution < -0.4 is 10.6 Å². The quantitative estimate of drug-likeness (QED) is 0.193. The number of rotatable bonds is 8. The van der Waals surface area contributed by atoms with Crippen LogP contribution in [0.2, 0.25) is 0 Å². The Morgan fingerprint density at radius 3 is 2.70 bits per heavy atom. The Kier molecular flexibility index (Phi) is 9.93. The summed E-state index contributed by atoms with van der Waals surface area (Å²) in [5, 5.41) is 47.6. The number of esters is 1. The molecule has 1 aromatic heterocycles. The third-order valence-electron chi connectivity index (χ3n) is 15.0. The summed E-state index contributed by atoms with van der Waals surface area (Å²) in [6.45, 7) is 2.29. The summed E-state index contributed by atoms with van der Waals surface area (Å²) < 4.78 is 33.1. The van der Waals surface area contributed by atoms with E-state index >= 15 is 0 Å². The van der Waals surface area contributed by atoms with Crippen molar-refractivity contribution in [1.29, 1.82) is 0 Å². The fourth-order valence-electron chi connectivity index (χ4n) is 12.0. The van der Waals surface area contributed by atoms with E-state index in [1.54, 1.807) is 0 Å². The van der Waals surface area contributed by atoms with Gasteiger partial charge in [-0.25, -0.2) is 4.79 Å². The molecule has 12 heteroatoms. The molecule has 304 valence electrons. The number of hydrogen-bond acceptors (Lipinski definition) is 10. The fraction of sp³-hybridized carbons (Fsp3) is 0.682. The summed E-state index contributed by atoms with van der Waals surface area (Å²) in [6.07, 6.45) is 14.5. The zero-order chi connectivity index (χ0) is 39.0. The smallest absolute Gasteiger partial charge is 0.333 e. The first kappa shape index (κ1) is 38.3. The topological polar surface area (TPSA) is 177 Å². The Balaban J connectivity index is 1.18. The van der Waals surface area contributed by atoms with Gasteiger partial charge in [0.2, 0.25) is 0 Å². The number of nitrogens with one attached hydrogen (secondary N) is 1. The van der Waals surface area contributed by atoms with Gasteiger partial charge in [0.25, 0.3) is 0 Å². The van der Waals surface area contributed by atoms with E-state index < -0.39 is 65.0 Å². The number of carbonyl (C=O) groups is 2. The van der Waals surface area contributed by atoms with Crippen molar-refractivity contribution in [2.45, 2.75) is 138 Å². The van der Waals surface area contributed by atoms with Gasteiger partial charge in [0.05, 0.1) is 37.7 Å². The number of fused-ring (bicyclic) bond motifs is 6. The maximum absolute atomic E-state index is 13.4. The van der Waals surface area contributed by atoms with E-state index in [4.69, 9.17) is 23.7 Å². The van der Waals surface area contributed by atoms with Crippen LogP contribution in [0, 0.1) is 29.1 Å². The van der Waals surface area contributed by atoms with Crippen LogP contribution in [0.3, 0.4) is 0 Å². The van der Waals surface area contributed by atoms with Gasteiger partial charge in [0.15, 0.2) is 11.9 Å². The molecule has 2 spiro atoms. The van der Waals surface area contributed by atoms with E-state index in [9.17, 15) is 30.0 Å². The van der Waals surface area contributed by atoms with Crippen molar-refractivity contribution >= 4 is 23.3 Å². The van der Waals surface area contributed by atoms with Crippen molar-refractivity contribution in [2.75, 3.05) is 20.3 Å². The van der Waals surface area contributed by atoms with E-state index in [1.165, 1.54) is 39.2 Å². The third kappa shape index (κ3) is 5.83. The highest BCUT2D eigenvalue weighted by atomic mass is 16.7. The molecule has 5 N–H and O–H groups in total. The predicted molar refractivity (Wildman–Crippen MR) is 203 cm³/mol. The van der Waals surface area contributed by atoms with Crippen molar-refractivity contribution < 1.29 is 53.7 Å². The van der Waals surface area contributed by atoms with Gasteiger partial charge in [-0.15, -0.1) is 0 Å². The molecule has 8 aliphatic rings. The van der Waals surface area contributed by atoms with E-state index in [0.29, 0.717) is 55.3 Å². The zero-order valence-electron chi connectivity index (χ0n) is 32.5. The summed E-state index contributed by atoms with van der Waals surface area (Å²) in [5.41, 5.74) is -2.04. The van der Waals surface area contributed by atoms with E-state index in [1.807, 2.05) is 18.2 Å². The molecule has 12 unspecified atom stereocenters. The van der Waals surface area contributed by atoms with Gasteiger partial charge in [-0.1, -0.05) is 56.6 Å². The highest BCUT2D eigenvalue weighted by Gasteiger charge is 2.71. The largest absolute Gasteiger partial charge is 0.481 e. The average Bonchev–Trinajstić information content (AvgIpc) is 3.51. The minimum Gasteiger partial charge on any atom is -0.481 e. The molecule has 0 radical (unpaired) electrons. The second-order valence-electron chi connectivity index (χ2n) is 17.8. The molecule has 12 nitrogen and oxygen atoms in total. The molecule has 12 atom stereocenters. The van der Waals surface area contributed by atoms with Crippen LogP contribution in [0.25, 0.3) is 11.3 Å². The molecular formula is C44H57NO11. The Bertz CT molecular complexity index is 1940. The molecule has 7 bridgehead atoms. The molecule has 2 saturated carbocycles. The van der Waals surface area contributed by atoms with Crippen molar-refractivity contribution in [3.05, 3.63) is 58.3 Å². The van der Waals surface area contributed by atoms with E-state index in [2.05, 4.69) is 30.1 Å². The summed E-state index contributed by atoms with van der Waals surface area (Å²) in [4.78, 5) is 29.5. The molecule has 3 aliphatic heterocycles. The number of aliphatic hydroxyl groups excluding tert-OH is 2. The lowest BCUT2D eigenvalue weighted by Gasteiger charge is -2.61. The Labute approximate surface area is 327 Å². The van der Waals surface area contributed by atoms with Gasteiger partial charge in [0.1, 0.15) is 23.6 Å². The maximum atomic E-state index is 13.4. The van der Waals surface area contributed by atoms with Crippen LogP contribution in [0.1, 0.15) is 102 Å². The molecule has 3 fully saturated rings. The van der Waals surface area contributed by atoms with Crippen molar-refractivity contribution in [2.24, 2.45) is 29.1 Å². The number of carboxylic acid groups (broad SMARTS) is 1. The molecule has 1 aromatic rings. The second-order valence-corrected chi connectivity index (χ2v) is 17.8. The fourth-order valence-corrected chi connectivity index (χ4v) is 12.0. The van der Waals surface area contributed by atoms with Crippen molar-refractivity contribution in [3.8, 4) is 0 Å². The molecule has 56 heavy (non-hydrogen) atoms.